The van der Waals surface area contributed by atoms with Crippen LogP contribution in [0.2, 0.25) is 0 Å². The van der Waals surface area contributed by atoms with Crippen LogP contribution < -0.4 is 10.2 Å². The first-order valence-electron chi connectivity index (χ1n) is 6.81. The minimum atomic E-state index is 0.656. The molecule has 18 heavy (non-hydrogen) atoms. The third-order valence-electron chi connectivity index (χ3n) is 3.85. The number of hydrogen-bond acceptors (Lipinski definition) is 2. The molecule has 1 fully saturated rings. The summed E-state index contributed by atoms with van der Waals surface area (Å²) < 4.78 is 1.21. The van der Waals surface area contributed by atoms with Crippen LogP contribution in [0.5, 0.6) is 0 Å². The van der Waals surface area contributed by atoms with E-state index in [2.05, 4.69) is 58.2 Å². The number of piperidine rings is 1. The fourth-order valence-electron chi connectivity index (χ4n) is 2.70. The first-order chi connectivity index (χ1) is 8.61. The van der Waals surface area contributed by atoms with E-state index < -0.39 is 0 Å². The van der Waals surface area contributed by atoms with Crippen LogP contribution in [-0.2, 0) is 6.54 Å². The molecule has 1 saturated heterocycles. The quantitative estimate of drug-likeness (QED) is 0.913. The average molecular weight is 311 g/mol. The number of hydrogen-bond donors (Lipinski definition) is 1. The van der Waals surface area contributed by atoms with E-state index in [1.807, 2.05) is 7.05 Å². The number of rotatable bonds is 3. The summed E-state index contributed by atoms with van der Waals surface area (Å²) in [5, 5.41) is 3.20. The molecular formula is C15H23BrN2. The Morgan fingerprint density at radius 3 is 2.78 bits per heavy atom. The third kappa shape index (κ3) is 3.07. The van der Waals surface area contributed by atoms with Crippen LogP contribution in [0.3, 0.4) is 0 Å². The van der Waals surface area contributed by atoms with Gasteiger partial charge < -0.3 is 10.2 Å². The van der Waals surface area contributed by atoms with Gasteiger partial charge in [-0.05, 0) is 50.4 Å². The highest BCUT2D eigenvalue weighted by atomic mass is 79.9. The summed E-state index contributed by atoms with van der Waals surface area (Å²) in [4.78, 5) is 2.54. The zero-order valence-electron chi connectivity index (χ0n) is 11.5. The second-order valence-corrected chi connectivity index (χ2v) is 6.34. The van der Waals surface area contributed by atoms with Crippen molar-refractivity contribution in [3.8, 4) is 0 Å². The molecule has 0 radical (unpaired) electrons. The van der Waals surface area contributed by atoms with Crippen molar-refractivity contribution in [2.24, 2.45) is 5.92 Å². The van der Waals surface area contributed by atoms with Gasteiger partial charge in [0.15, 0.2) is 0 Å². The van der Waals surface area contributed by atoms with E-state index >= 15 is 0 Å². The molecular weight excluding hydrogens is 288 g/mol. The second kappa shape index (κ2) is 6.07. The molecule has 1 aromatic carbocycles. The zero-order valence-corrected chi connectivity index (χ0v) is 13.1. The molecule has 1 N–H and O–H groups in total. The molecule has 2 atom stereocenters. The maximum absolute atomic E-state index is 3.68. The molecule has 3 heteroatoms. The predicted molar refractivity (Wildman–Crippen MR) is 82.1 cm³/mol. The number of halogens is 1. The monoisotopic (exact) mass is 310 g/mol. The lowest BCUT2D eigenvalue weighted by Crippen LogP contribution is -2.41. The van der Waals surface area contributed by atoms with Crippen molar-refractivity contribution in [3.05, 3.63) is 28.2 Å². The number of benzene rings is 1. The summed E-state index contributed by atoms with van der Waals surface area (Å²) in [6, 6.07) is 7.40. The molecule has 100 valence electrons. The molecule has 1 aliphatic heterocycles. The van der Waals surface area contributed by atoms with Crippen LogP contribution in [0.1, 0.15) is 32.3 Å². The normalized spacial score (nSPS) is 24.3. The van der Waals surface area contributed by atoms with Gasteiger partial charge in [0.1, 0.15) is 0 Å². The van der Waals surface area contributed by atoms with Gasteiger partial charge in [-0.3, -0.25) is 0 Å². The highest BCUT2D eigenvalue weighted by molar-refractivity contribution is 9.10. The van der Waals surface area contributed by atoms with Gasteiger partial charge in [-0.15, -0.1) is 0 Å². The minimum Gasteiger partial charge on any atom is -0.369 e. The molecule has 2 nitrogen and oxygen atoms in total. The Kier molecular flexibility index (Phi) is 4.68. The van der Waals surface area contributed by atoms with Crippen LogP contribution in [0.4, 0.5) is 5.69 Å². The highest BCUT2D eigenvalue weighted by Gasteiger charge is 2.23. The maximum Gasteiger partial charge on any atom is 0.0380 e. The Bertz CT molecular complexity index is 405. The summed E-state index contributed by atoms with van der Waals surface area (Å²) in [6.45, 7) is 6.77. The van der Waals surface area contributed by atoms with Crippen molar-refractivity contribution in [2.75, 3.05) is 18.5 Å². The Balaban J connectivity index is 2.19. The van der Waals surface area contributed by atoms with Gasteiger partial charge in [0, 0.05) is 29.3 Å². The van der Waals surface area contributed by atoms with Gasteiger partial charge in [-0.2, -0.15) is 0 Å². The van der Waals surface area contributed by atoms with Gasteiger partial charge in [-0.25, -0.2) is 0 Å². The van der Waals surface area contributed by atoms with Crippen molar-refractivity contribution < 1.29 is 0 Å². The first-order valence-corrected chi connectivity index (χ1v) is 7.60. The van der Waals surface area contributed by atoms with E-state index in [0.717, 1.165) is 12.5 Å². The molecule has 2 unspecified atom stereocenters. The Morgan fingerprint density at radius 2 is 2.11 bits per heavy atom. The molecule has 1 aromatic rings. The Morgan fingerprint density at radius 1 is 1.33 bits per heavy atom. The molecule has 0 spiro atoms. The van der Waals surface area contributed by atoms with Crippen LogP contribution in [0.25, 0.3) is 0 Å². The van der Waals surface area contributed by atoms with Crippen molar-refractivity contribution in [1.82, 2.24) is 5.32 Å². The van der Waals surface area contributed by atoms with E-state index in [-0.39, 0.29) is 0 Å². The van der Waals surface area contributed by atoms with Crippen LogP contribution in [0, 0.1) is 5.92 Å². The SMILES string of the molecule is CNCc1ccc(N2CC(C)CCC2C)cc1Br. The number of nitrogens with one attached hydrogen (secondary N) is 1. The molecule has 1 aliphatic rings. The van der Waals surface area contributed by atoms with Gasteiger partial charge >= 0.3 is 0 Å². The fourth-order valence-corrected chi connectivity index (χ4v) is 3.20. The van der Waals surface area contributed by atoms with Gasteiger partial charge in [-0.1, -0.05) is 28.9 Å². The molecule has 1 heterocycles. The summed E-state index contributed by atoms with van der Waals surface area (Å²) in [5.74, 6) is 0.803. The fraction of sp³-hybridized carbons (Fsp3) is 0.600. The predicted octanol–water partition coefficient (Wildman–Crippen LogP) is 3.79. The van der Waals surface area contributed by atoms with Crippen molar-refractivity contribution in [3.63, 3.8) is 0 Å². The summed E-state index contributed by atoms with van der Waals surface area (Å²) >= 11 is 3.68. The number of anilines is 1. The Labute approximate surface area is 119 Å². The minimum absolute atomic E-state index is 0.656. The van der Waals surface area contributed by atoms with E-state index in [9.17, 15) is 0 Å². The van der Waals surface area contributed by atoms with Crippen molar-refractivity contribution in [1.29, 1.82) is 0 Å². The number of nitrogens with zero attached hydrogens (tertiary/aromatic N) is 1. The van der Waals surface area contributed by atoms with E-state index in [0.29, 0.717) is 6.04 Å². The van der Waals surface area contributed by atoms with Crippen LogP contribution in [0.15, 0.2) is 22.7 Å². The third-order valence-corrected chi connectivity index (χ3v) is 4.59. The Hall–Kier alpha value is -0.540. The van der Waals surface area contributed by atoms with Gasteiger partial charge in [0.05, 0.1) is 0 Å². The van der Waals surface area contributed by atoms with Crippen molar-refractivity contribution >= 4 is 21.6 Å². The average Bonchev–Trinajstić information content (AvgIpc) is 2.35. The van der Waals surface area contributed by atoms with E-state index in [1.165, 1.54) is 35.1 Å². The molecule has 0 saturated carbocycles. The smallest absolute Gasteiger partial charge is 0.0380 e. The van der Waals surface area contributed by atoms with Gasteiger partial charge in [0.25, 0.3) is 0 Å². The highest BCUT2D eigenvalue weighted by Crippen LogP contribution is 2.30. The molecule has 0 bridgehead atoms. The summed E-state index contributed by atoms with van der Waals surface area (Å²) in [6.07, 6.45) is 2.66. The molecule has 2 rings (SSSR count). The molecule has 0 aliphatic carbocycles. The topological polar surface area (TPSA) is 15.3 Å². The van der Waals surface area contributed by atoms with E-state index in [1.54, 1.807) is 0 Å². The largest absolute Gasteiger partial charge is 0.369 e. The summed E-state index contributed by atoms with van der Waals surface area (Å²) in [7, 11) is 1.98. The van der Waals surface area contributed by atoms with Crippen molar-refractivity contribution in [2.45, 2.75) is 39.3 Å². The summed E-state index contributed by atoms with van der Waals surface area (Å²) in [5.41, 5.74) is 2.67. The lowest BCUT2D eigenvalue weighted by atomic mass is 9.94. The zero-order chi connectivity index (χ0) is 13.1. The lowest BCUT2D eigenvalue weighted by Gasteiger charge is -2.38. The standard InChI is InChI=1S/C15H23BrN2/c1-11-4-5-12(2)18(10-11)14-7-6-13(9-17-3)15(16)8-14/h6-8,11-12,17H,4-5,9-10H2,1-3H3. The lowest BCUT2D eigenvalue weighted by molar-refractivity contribution is 0.390. The molecule has 0 amide bonds. The second-order valence-electron chi connectivity index (χ2n) is 5.49. The maximum atomic E-state index is 3.68. The van der Waals surface area contributed by atoms with Crippen LogP contribution in [-0.4, -0.2) is 19.6 Å². The first kappa shape index (κ1) is 13.9. The van der Waals surface area contributed by atoms with Crippen LogP contribution >= 0.6 is 15.9 Å². The van der Waals surface area contributed by atoms with Gasteiger partial charge in [0.2, 0.25) is 0 Å². The van der Waals surface area contributed by atoms with E-state index in [4.69, 9.17) is 0 Å². The molecule has 0 aromatic heterocycles.